The van der Waals surface area contributed by atoms with Crippen molar-refractivity contribution in [1.82, 2.24) is 14.6 Å². The van der Waals surface area contributed by atoms with Crippen LogP contribution < -0.4 is 10.6 Å². The number of nitrogens with one attached hydrogen (secondary N) is 2. The van der Waals surface area contributed by atoms with Crippen molar-refractivity contribution < 1.29 is 26.4 Å². The maximum atomic E-state index is 13.3. The highest BCUT2D eigenvalue weighted by molar-refractivity contribution is 7.91. The minimum atomic E-state index is -4.46. The summed E-state index contributed by atoms with van der Waals surface area (Å²) in [5.41, 5.74) is 1.77. The van der Waals surface area contributed by atoms with E-state index in [1.165, 1.54) is 28.6 Å². The zero-order valence-electron chi connectivity index (χ0n) is 22.9. The summed E-state index contributed by atoms with van der Waals surface area (Å²) in [5, 5.41) is 6.18. The molecule has 0 saturated carbocycles. The summed E-state index contributed by atoms with van der Waals surface area (Å²) in [6.07, 6.45) is -3.55. The Balaban J connectivity index is 1.38. The van der Waals surface area contributed by atoms with Gasteiger partial charge in [-0.2, -0.15) is 17.5 Å². The minimum absolute atomic E-state index is 0.0542. The first-order chi connectivity index (χ1) is 20.4. The number of halogens is 4. The molecule has 13 heteroatoms. The van der Waals surface area contributed by atoms with E-state index in [2.05, 4.69) is 15.6 Å². The lowest BCUT2D eigenvalue weighted by Crippen LogP contribution is -2.45. The van der Waals surface area contributed by atoms with E-state index in [1.54, 1.807) is 12.1 Å². The molecule has 1 saturated heterocycles. The molecule has 4 aromatic rings. The molecule has 0 bridgehead atoms. The minimum Gasteiger partial charge on any atom is -0.364 e. The van der Waals surface area contributed by atoms with Crippen LogP contribution in [0.15, 0.2) is 83.1 Å². The lowest BCUT2D eigenvalue weighted by Gasteiger charge is -2.23. The molecule has 5 rings (SSSR count). The molecule has 0 aliphatic carbocycles. The van der Waals surface area contributed by atoms with Crippen LogP contribution in [0.4, 0.5) is 19.0 Å². The third-order valence-corrected chi connectivity index (χ3v) is 10.7. The molecule has 2 aromatic heterocycles. The number of nitrogens with zero attached hydrogens (tertiary/aromatic N) is 2. The molecule has 43 heavy (non-hydrogen) atoms. The van der Waals surface area contributed by atoms with Crippen molar-refractivity contribution in [3.8, 4) is 11.3 Å². The highest BCUT2D eigenvalue weighted by Crippen LogP contribution is 2.33. The standard InChI is InChI=1S/C30H28ClF3N4O3S2/c1-19(21-6-3-2-4-7-21)36-27-17-20(16-24(37-27)22-9-11-23(12-10-22)30(32,33)34)18-35-29(39)25-8-5-15-38(25)43(40,41)28-14-13-26(31)42-28/h2-4,6-7,9-14,16-17,19,25H,5,8,15,18H2,1H3,(H,35,39)(H,36,37). The Morgan fingerprint density at radius 3 is 2.47 bits per heavy atom. The number of thiophene rings is 1. The van der Waals surface area contributed by atoms with Crippen molar-refractivity contribution in [2.24, 2.45) is 0 Å². The van der Waals surface area contributed by atoms with Crippen LogP contribution in [0.5, 0.6) is 0 Å². The third kappa shape index (κ3) is 7.20. The number of sulfonamides is 1. The fraction of sp³-hybridized carbons (Fsp3) is 0.267. The first-order valence-electron chi connectivity index (χ1n) is 13.5. The fourth-order valence-corrected chi connectivity index (χ4v) is 8.21. The second-order valence-corrected chi connectivity index (χ2v) is 14.0. The largest absolute Gasteiger partial charge is 0.416 e. The van der Waals surface area contributed by atoms with Crippen LogP contribution >= 0.6 is 22.9 Å². The quantitative estimate of drug-likeness (QED) is 0.202. The number of amides is 1. The van der Waals surface area contributed by atoms with Gasteiger partial charge in [0.15, 0.2) is 0 Å². The molecular formula is C30H28ClF3N4O3S2. The van der Waals surface area contributed by atoms with E-state index in [1.807, 2.05) is 37.3 Å². The van der Waals surface area contributed by atoms with Crippen molar-refractivity contribution in [1.29, 1.82) is 0 Å². The van der Waals surface area contributed by atoms with Crippen molar-refractivity contribution in [3.63, 3.8) is 0 Å². The second-order valence-electron chi connectivity index (χ2n) is 10.1. The predicted molar refractivity (Wildman–Crippen MR) is 161 cm³/mol. The van der Waals surface area contributed by atoms with Gasteiger partial charge in [0, 0.05) is 24.7 Å². The number of aromatic nitrogens is 1. The highest BCUT2D eigenvalue weighted by Gasteiger charge is 2.40. The van der Waals surface area contributed by atoms with Gasteiger partial charge in [0.1, 0.15) is 16.1 Å². The number of hydrogen-bond acceptors (Lipinski definition) is 6. The second kappa shape index (κ2) is 12.7. The highest BCUT2D eigenvalue weighted by atomic mass is 35.5. The topological polar surface area (TPSA) is 91.4 Å². The molecule has 2 atom stereocenters. The number of alkyl halides is 3. The lowest BCUT2D eigenvalue weighted by molar-refractivity contribution is -0.137. The number of carbonyl (C=O) groups excluding carboxylic acids is 1. The Morgan fingerprint density at radius 1 is 1.09 bits per heavy atom. The lowest BCUT2D eigenvalue weighted by atomic mass is 10.1. The van der Waals surface area contributed by atoms with Crippen LogP contribution in [0, 0.1) is 0 Å². The van der Waals surface area contributed by atoms with Crippen molar-refractivity contribution >= 4 is 44.7 Å². The van der Waals surface area contributed by atoms with Crippen molar-refractivity contribution in [3.05, 3.63) is 99.9 Å². The molecule has 7 nitrogen and oxygen atoms in total. The van der Waals surface area contributed by atoms with Gasteiger partial charge in [-0.3, -0.25) is 4.79 Å². The van der Waals surface area contributed by atoms with Crippen LogP contribution in [0.2, 0.25) is 4.34 Å². The SMILES string of the molecule is CC(Nc1cc(CNC(=O)C2CCCN2S(=O)(=O)c2ccc(Cl)s2)cc(-c2ccc(C(F)(F)F)cc2)n1)c1ccccc1. The summed E-state index contributed by atoms with van der Waals surface area (Å²) in [7, 11) is -3.89. The zero-order chi connectivity index (χ0) is 30.8. The molecule has 0 radical (unpaired) electrons. The predicted octanol–water partition coefficient (Wildman–Crippen LogP) is 7.12. The van der Waals surface area contributed by atoms with Gasteiger partial charge >= 0.3 is 6.18 Å². The number of pyridine rings is 1. The van der Waals surface area contributed by atoms with Crippen LogP contribution in [0.1, 0.15) is 42.5 Å². The number of carbonyl (C=O) groups is 1. The fourth-order valence-electron chi connectivity index (χ4n) is 4.94. The summed E-state index contributed by atoms with van der Waals surface area (Å²) in [6.45, 7) is 2.23. The molecule has 0 spiro atoms. The summed E-state index contributed by atoms with van der Waals surface area (Å²) in [6, 6.07) is 19.8. The van der Waals surface area contributed by atoms with Gasteiger partial charge in [-0.05, 0) is 67.3 Å². The Labute approximate surface area is 256 Å². The molecule has 226 valence electrons. The van der Waals surface area contributed by atoms with Crippen molar-refractivity contribution in [2.75, 3.05) is 11.9 Å². The zero-order valence-corrected chi connectivity index (χ0v) is 25.3. The summed E-state index contributed by atoms with van der Waals surface area (Å²) in [4.78, 5) is 17.9. The first kappa shape index (κ1) is 31.0. The summed E-state index contributed by atoms with van der Waals surface area (Å²) >= 11 is 6.89. The monoisotopic (exact) mass is 648 g/mol. The van der Waals surface area contributed by atoms with E-state index in [0.717, 1.165) is 29.0 Å². The maximum absolute atomic E-state index is 13.3. The average Bonchev–Trinajstić information content (AvgIpc) is 3.66. The van der Waals surface area contributed by atoms with Gasteiger partial charge in [-0.15, -0.1) is 11.3 Å². The molecule has 1 aliphatic heterocycles. The Bertz CT molecular complexity index is 1700. The van der Waals surface area contributed by atoms with Gasteiger partial charge in [0.2, 0.25) is 5.91 Å². The van der Waals surface area contributed by atoms with Gasteiger partial charge in [-0.1, -0.05) is 54.1 Å². The smallest absolute Gasteiger partial charge is 0.364 e. The van der Waals surface area contributed by atoms with Gasteiger partial charge in [0.25, 0.3) is 10.0 Å². The van der Waals surface area contributed by atoms with E-state index < -0.39 is 33.7 Å². The van der Waals surface area contributed by atoms with Crippen LogP contribution in [0.25, 0.3) is 11.3 Å². The van der Waals surface area contributed by atoms with Crippen molar-refractivity contribution in [2.45, 2.75) is 48.8 Å². The molecule has 1 aliphatic rings. The number of rotatable bonds is 9. The van der Waals surface area contributed by atoms with E-state index in [0.29, 0.717) is 39.8 Å². The summed E-state index contributed by atoms with van der Waals surface area (Å²) in [5.74, 6) is 0.0291. The molecule has 3 heterocycles. The molecule has 1 fully saturated rings. The van der Waals surface area contributed by atoms with Crippen LogP contribution in [0.3, 0.4) is 0 Å². The Kier molecular flexibility index (Phi) is 9.12. The third-order valence-electron chi connectivity index (χ3n) is 7.14. The van der Waals surface area contributed by atoms with Gasteiger partial charge < -0.3 is 10.6 Å². The molecule has 2 unspecified atom stereocenters. The average molecular weight is 649 g/mol. The van der Waals surface area contributed by atoms with E-state index in [9.17, 15) is 26.4 Å². The summed E-state index contributed by atoms with van der Waals surface area (Å²) < 4.78 is 67.5. The van der Waals surface area contributed by atoms with Gasteiger partial charge in [0.05, 0.1) is 15.6 Å². The maximum Gasteiger partial charge on any atom is 0.416 e. The van der Waals surface area contributed by atoms with Gasteiger partial charge in [-0.25, -0.2) is 13.4 Å². The first-order valence-corrected chi connectivity index (χ1v) is 16.1. The molecule has 1 amide bonds. The number of anilines is 1. The normalized spacial score (nSPS) is 16.6. The van der Waals surface area contributed by atoms with Crippen LogP contribution in [-0.2, 0) is 27.5 Å². The van der Waals surface area contributed by atoms with E-state index in [-0.39, 0.29) is 23.3 Å². The Morgan fingerprint density at radius 2 is 1.81 bits per heavy atom. The molecule has 2 aromatic carbocycles. The molecule has 2 N–H and O–H groups in total. The Hall–Kier alpha value is -3.45. The van der Waals surface area contributed by atoms with E-state index in [4.69, 9.17) is 11.6 Å². The number of hydrogen-bond donors (Lipinski definition) is 2. The van der Waals surface area contributed by atoms with Crippen LogP contribution in [-0.4, -0.2) is 36.2 Å². The molecular weight excluding hydrogens is 621 g/mol. The van der Waals surface area contributed by atoms with E-state index >= 15 is 0 Å². The number of benzene rings is 2.